The maximum absolute atomic E-state index is 14.2. The molecule has 0 atom stereocenters. The predicted octanol–water partition coefficient (Wildman–Crippen LogP) is 3.85. The number of nitrogens with one attached hydrogen (secondary N) is 1. The van der Waals surface area contributed by atoms with E-state index in [1.54, 1.807) is 6.07 Å². The number of halogens is 4. The maximum atomic E-state index is 14.2. The van der Waals surface area contributed by atoms with Gasteiger partial charge in [-0.15, -0.1) is 0 Å². The van der Waals surface area contributed by atoms with Crippen molar-refractivity contribution < 1.29 is 17.6 Å². The molecule has 0 amide bonds. The highest BCUT2D eigenvalue weighted by molar-refractivity contribution is 5.56. The smallest absolute Gasteiger partial charge is 0.357 e. The Hall–Kier alpha value is -1.30. The Kier molecular flexibility index (Phi) is 4.76. The fraction of sp³-hybridized carbons (Fsp3) is 0.600. The molecule has 2 nitrogen and oxygen atoms in total. The molecule has 6 heteroatoms. The van der Waals surface area contributed by atoms with E-state index in [4.69, 9.17) is 0 Å². The van der Waals surface area contributed by atoms with Crippen LogP contribution in [0.1, 0.15) is 32.3 Å². The van der Waals surface area contributed by atoms with Crippen LogP contribution in [0.3, 0.4) is 0 Å². The van der Waals surface area contributed by atoms with Gasteiger partial charge < -0.3 is 10.2 Å². The van der Waals surface area contributed by atoms with Crippen molar-refractivity contribution in [2.75, 3.05) is 11.4 Å². The summed E-state index contributed by atoms with van der Waals surface area (Å²) in [6.45, 7) is 3.12. The average Bonchev–Trinajstić information content (AvgIpc) is 3.17. The number of alkyl halides is 3. The summed E-state index contributed by atoms with van der Waals surface area (Å²) in [5, 5.41) is 3.13. The third-order valence-corrected chi connectivity index (χ3v) is 3.40. The van der Waals surface area contributed by atoms with Gasteiger partial charge in [0.25, 0.3) is 0 Å². The maximum Gasteiger partial charge on any atom is 0.405 e. The summed E-state index contributed by atoms with van der Waals surface area (Å²) < 4.78 is 52.5. The van der Waals surface area contributed by atoms with Gasteiger partial charge in [0.15, 0.2) is 0 Å². The van der Waals surface area contributed by atoms with E-state index in [0.717, 1.165) is 0 Å². The molecule has 1 fully saturated rings. The molecule has 1 aliphatic carbocycles. The molecule has 0 radical (unpaired) electrons. The number of para-hydroxylation sites is 1. The molecule has 1 saturated carbocycles. The summed E-state index contributed by atoms with van der Waals surface area (Å²) in [6.07, 6.45) is -2.98. The van der Waals surface area contributed by atoms with Crippen molar-refractivity contribution in [2.24, 2.45) is 0 Å². The first-order valence-corrected chi connectivity index (χ1v) is 7.12. The van der Waals surface area contributed by atoms with Gasteiger partial charge in [-0.25, -0.2) is 4.39 Å². The molecule has 0 unspecified atom stereocenters. The van der Waals surface area contributed by atoms with Gasteiger partial charge in [-0.05, 0) is 24.5 Å². The van der Waals surface area contributed by atoms with E-state index in [9.17, 15) is 17.6 Å². The van der Waals surface area contributed by atoms with Crippen molar-refractivity contribution in [2.45, 2.75) is 51.5 Å². The molecule has 118 valence electrons. The van der Waals surface area contributed by atoms with Crippen LogP contribution in [0.15, 0.2) is 18.2 Å². The summed E-state index contributed by atoms with van der Waals surface area (Å²) >= 11 is 0. The van der Waals surface area contributed by atoms with E-state index in [0.29, 0.717) is 24.9 Å². The summed E-state index contributed by atoms with van der Waals surface area (Å²) in [4.78, 5) is 1.17. The van der Waals surface area contributed by atoms with E-state index >= 15 is 0 Å². The SMILES string of the molecule is CC(C)NCc1cccc(F)c1N(CC(F)(F)F)C1CC1. The second-order valence-corrected chi connectivity index (χ2v) is 5.76. The highest BCUT2D eigenvalue weighted by Crippen LogP contribution is 2.37. The second-order valence-electron chi connectivity index (χ2n) is 5.76. The van der Waals surface area contributed by atoms with Gasteiger partial charge in [-0.3, -0.25) is 0 Å². The van der Waals surface area contributed by atoms with Gasteiger partial charge in [-0.2, -0.15) is 13.2 Å². The first-order valence-electron chi connectivity index (χ1n) is 7.12. The lowest BCUT2D eigenvalue weighted by molar-refractivity contribution is -0.120. The minimum Gasteiger partial charge on any atom is -0.357 e. The fourth-order valence-electron chi connectivity index (χ4n) is 2.31. The van der Waals surface area contributed by atoms with E-state index in [1.165, 1.54) is 17.0 Å². The molecule has 1 aromatic carbocycles. The monoisotopic (exact) mass is 304 g/mol. The van der Waals surface area contributed by atoms with Crippen molar-refractivity contribution >= 4 is 5.69 Å². The highest BCUT2D eigenvalue weighted by atomic mass is 19.4. The Morgan fingerprint density at radius 2 is 1.95 bits per heavy atom. The number of rotatable bonds is 6. The van der Waals surface area contributed by atoms with Crippen LogP contribution in [-0.4, -0.2) is 24.8 Å². The van der Waals surface area contributed by atoms with Gasteiger partial charge in [0.2, 0.25) is 0 Å². The van der Waals surface area contributed by atoms with Crippen LogP contribution >= 0.6 is 0 Å². The van der Waals surface area contributed by atoms with Crippen molar-refractivity contribution in [1.29, 1.82) is 0 Å². The first-order chi connectivity index (χ1) is 9.78. The number of nitrogens with zero attached hydrogens (tertiary/aromatic N) is 1. The van der Waals surface area contributed by atoms with Crippen molar-refractivity contribution in [3.05, 3.63) is 29.6 Å². The quantitative estimate of drug-likeness (QED) is 0.803. The van der Waals surface area contributed by atoms with Crippen LogP contribution in [0.2, 0.25) is 0 Å². The molecule has 1 N–H and O–H groups in total. The zero-order chi connectivity index (χ0) is 15.6. The minimum absolute atomic E-state index is 0.0884. The highest BCUT2D eigenvalue weighted by Gasteiger charge is 2.39. The fourth-order valence-corrected chi connectivity index (χ4v) is 2.31. The zero-order valence-corrected chi connectivity index (χ0v) is 12.2. The zero-order valence-electron chi connectivity index (χ0n) is 12.2. The first kappa shape index (κ1) is 16.1. The molecule has 1 aromatic rings. The predicted molar refractivity (Wildman–Crippen MR) is 74.8 cm³/mol. The minimum atomic E-state index is -4.34. The Morgan fingerprint density at radius 1 is 1.29 bits per heavy atom. The second kappa shape index (κ2) is 6.22. The Balaban J connectivity index is 2.29. The molecule has 0 saturated heterocycles. The van der Waals surface area contributed by atoms with Crippen molar-refractivity contribution in [1.82, 2.24) is 5.32 Å². The van der Waals surface area contributed by atoms with E-state index < -0.39 is 18.5 Å². The Labute approximate surface area is 122 Å². The largest absolute Gasteiger partial charge is 0.405 e. The molecular formula is C15H20F4N2. The molecule has 1 aliphatic rings. The lowest BCUT2D eigenvalue weighted by Crippen LogP contribution is -2.37. The van der Waals surface area contributed by atoms with Crippen LogP contribution in [0.4, 0.5) is 23.2 Å². The summed E-state index contributed by atoms with van der Waals surface area (Å²) in [7, 11) is 0. The van der Waals surface area contributed by atoms with Gasteiger partial charge in [0.1, 0.15) is 12.4 Å². The van der Waals surface area contributed by atoms with Crippen LogP contribution in [0.5, 0.6) is 0 Å². The molecule has 0 spiro atoms. The third-order valence-electron chi connectivity index (χ3n) is 3.40. The van der Waals surface area contributed by atoms with Gasteiger partial charge in [-0.1, -0.05) is 26.0 Å². The lowest BCUT2D eigenvalue weighted by atomic mass is 10.1. The summed E-state index contributed by atoms with van der Waals surface area (Å²) in [5.74, 6) is -0.589. The number of anilines is 1. The van der Waals surface area contributed by atoms with Crippen LogP contribution in [0, 0.1) is 5.82 Å². The molecule has 0 bridgehead atoms. The molecule has 0 aromatic heterocycles. The standard InChI is InChI=1S/C15H20F4N2/c1-10(2)20-8-11-4-3-5-13(16)14(11)21(12-6-7-12)9-15(17,18)19/h3-5,10,12,20H,6-9H2,1-2H3. The van der Waals surface area contributed by atoms with Crippen LogP contribution in [0.25, 0.3) is 0 Å². The molecule has 0 aliphatic heterocycles. The summed E-state index contributed by atoms with van der Waals surface area (Å²) in [6, 6.07) is 4.41. The van der Waals surface area contributed by atoms with Crippen LogP contribution < -0.4 is 10.2 Å². The molecule has 21 heavy (non-hydrogen) atoms. The number of benzene rings is 1. The van der Waals surface area contributed by atoms with E-state index in [-0.39, 0.29) is 17.8 Å². The number of hydrogen-bond acceptors (Lipinski definition) is 2. The topological polar surface area (TPSA) is 15.3 Å². The Bertz CT molecular complexity index is 481. The van der Waals surface area contributed by atoms with E-state index in [1.807, 2.05) is 13.8 Å². The van der Waals surface area contributed by atoms with Gasteiger partial charge >= 0.3 is 6.18 Å². The van der Waals surface area contributed by atoms with Crippen molar-refractivity contribution in [3.63, 3.8) is 0 Å². The normalized spacial score (nSPS) is 15.6. The summed E-state index contributed by atoms with van der Waals surface area (Å²) in [5.41, 5.74) is 0.658. The lowest BCUT2D eigenvalue weighted by Gasteiger charge is -2.28. The van der Waals surface area contributed by atoms with E-state index in [2.05, 4.69) is 5.32 Å². The number of hydrogen-bond donors (Lipinski definition) is 1. The average molecular weight is 304 g/mol. The third kappa shape index (κ3) is 4.59. The molecule has 0 heterocycles. The van der Waals surface area contributed by atoms with Crippen molar-refractivity contribution in [3.8, 4) is 0 Å². The van der Waals surface area contributed by atoms with Gasteiger partial charge in [0.05, 0.1) is 5.69 Å². The molecular weight excluding hydrogens is 284 g/mol. The van der Waals surface area contributed by atoms with Crippen LogP contribution in [-0.2, 0) is 6.54 Å². The van der Waals surface area contributed by atoms with Gasteiger partial charge in [0, 0.05) is 18.6 Å². The molecule has 2 rings (SSSR count). The Morgan fingerprint density at radius 3 is 2.48 bits per heavy atom.